The predicted molar refractivity (Wildman–Crippen MR) is 138 cm³/mol. The number of rotatable bonds is 11. The van der Waals surface area contributed by atoms with Gasteiger partial charge in [-0.25, -0.2) is 4.68 Å². The van der Waals surface area contributed by atoms with E-state index in [9.17, 15) is 9.59 Å². The molecule has 1 aromatic heterocycles. The summed E-state index contributed by atoms with van der Waals surface area (Å²) in [6.45, 7) is 2.88. The van der Waals surface area contributed by atoms with Gasteiger partial charge in [0.05, 0.1) is 32.1 Å². The second-order valence-electron chi connectivity index (χ2n) is 8.77. The second kappa shape index (κ2) is 12.5. The third-order valence-electron chi connectivity index (χ3n) is 6.31. The van der Waals surface area contributed by atoms with Gasteiger partial charge in [-0.2, -0.15) is 0 Å². The Labute approximate surface area is 215 Å². The number of allylic oxidation sites excluding steroid dienone is 1. The number of carbonyl (C=O) groups excluding carboxylic acids is 1. The van der Waals surface area contributed by atoms with Crippen LogP contribution in [0.3, 0.4) is 0 Å². The molecule has 0 saturated carbocycles. The van der Waals surface area contributed by atoms with Gasteiger partial charge in [-0.1, -0.05) is 48.5 Å². The summed E-state index contributed by atoms with van der Waals surface area (Å²) in [5, 5.41) is 11.8. The summed E-state index contributed by atoms with van der Waals surface area (Å²) in [6, 6.07) is 19.0. The molecule has 1 aliphatic heterocycles. The van der Waals surface area contributed by atoms with Gasteiger partial charge in [-0.05, 0) is 30.7 Å². The summed E-state index contributed by atoms with van der Waals surface area (Å²) in [6.07, 6.45) is 1.33. The molecule has 0 radical (unpaired) electrons. The van der Waals surface area contributed by atoms with Crippen LogP contribution in [-0.4, -0.2) is 53.1 Å². The highest BCUT2D eigenvalue weighted by atomic mass is 16.7. The molecule has 1 amide bonds. The van der Waals surface area contributed by atoms with Gasteiger partial charge in [0.1, 0.15) is 0 Å². The Hall–Kier alpha value is -3.66. The molecule has 1 aliphatic rings. The average Bonchev–Trinajstić information content (AvgIpc) is 3.15. The Morgan fingerprint density at radius 2 is 1.78 bits per heavy atom. The van der Waals surface area contributed by atoms with Crippen molar-refractivity contribution >= 4 is 5.91 Å². The van der Waals surface area contributed by atoms with Gasteiger partial charge < -0.3 is 24.6 Å². The quantitative estimate of drug-likeness (QED) is 0.387. The standard InChI is InChI=1S/C28H33N3O6/c1-20-26(28(34)31(30(20)2)23-11-7-4-8-12-23)22-17-24(27(33)29-19-21-9-5-3-6-10-21)37-25(18-22)36-16-15-35-14-13-32/h3-12,17,22,25,32H,13-16,18-19H2,1-2H3,(H,29,33). The van der Waals surface area contributed by atoms with Gasteiger partial charge in [0.2, 0.25) is 6.29 Å². The maximum atomic E-state index is 13.6. The van der Waals surface area contributed by atoms with Crippen LogP contribution in [0.25, 0.3) is 5.69 Å². The van der Waals surface area contributed by atoms with Crippen molar-refractivity contribution < 1.29 is 24.1 Å². The molecule has 37 heavy (non-hydrogen) atoms. The molecule has 2 atom stereocenters. The van der Waals surface area contributed by atoms with Crippen molar-refractivity contribution in [3.63, 3.8) is 0 Å². The second-order valence-corrected chi connectivity index (χ2v) is 8.77. The number of para-hydroxylation sites is 1. The number of benzene rings is 2. The van der Waals surface area contributed by atoms with Crippen LogP contribution in [0, 0.1) is 6.92 Å². The van der Waals surface area contributed by atoms with E-state index in [1.165, 1.54) is 0 Å². The van der Waals surface area contributed by atoms with E-state index in [2.05, 4.69) is 5.32 Å². The molecule has 2 unspecified atom stereocenters. The van der Waals surface area contributed by atoms with Crippen LogP contribution >= 0.6 is 0 Å². The summed E-state index contributed by atoms with van der Waals surface area (Å²) in [4.78, 5) is 26.7. The van der Waals surface area contributed by atoms with Crippen LogP contribution in [-0.2, 0) is 32.6 Å². The maximum absolute atomic E-state index is 13.6. The summed E-state index contributed by atoms with van der Waals surface area (Å²) >= 11 is 0. The zero-order valence-corrected chi connectivity index (χ0v) is 21.1. The minimum atomic E-state index is -0.741. The summed E-state index contributed by atoms with van der Waals surface area (Å²) in [5.41, 5.74) is 2.96. The molecule has 3 aromatic rings. The number of nitrogens with zero attached hydrogens (tertiary/aromatic N) is 2. The Balaban J connectivity index is 1.60. The molecule has 2 N–H and O–H groups in total. The van der Waals surface area contributed by atoms with E-state index >= 15 is 0 Å². The topological polar surface area (TPSA) is 104 Å². The monoisotopic (exact) mass is 507 g/mol. The van der Waals surface area contributed by atoms with Crippen LogP contribution in [0.2, 0.25) is 0 Å². The fourth-order valence-corrected chi connectivity index (χ4v) is 4.41. The molecule has 0 bridgehead atoms. The molecule has 9 nitrogen and oxygen atoms in total. The lowest BCUT2D eigenvalue weighted by atomic mass is 9.93. The first-order valence-corrected chi connectivity index (χ1v) is 12.3. The number of ether oxygens (including phenoxy) is 3. The molecule has 0 spiro atoms. The van der Waals surface area contributed by atoms with E-state index in [-0.39, 0.29) is 43.7 Å². The molecular weight excluding hydrogens is 474 g/mol. The number of aliphatic hydroxyl groups excluding tert-OH is 1. The average molecular weight is 508 g/mol. The minimum Gasteiger partial charge on any atom is -0.459 e. The Morgan fingerprint density at radius 1 is 1.08 bits per heavy atom. The molecule has 0 saturated heterocycles. The zero-order valence-electron chi connectivity index (χ0n) is 21.1. The van der Waals surface area contributed by atoms with Gasteiger partial charge in [-0.15, -0.1) is 0 Å². The largest absolute Gasteiger partial charge is 0.459 e. The minimum absolute atomic E-state index is 0.0720. The molecule has 4 rings (SSSR count). The van der Waals surface area contributed by atoms with Gasteiger partial charge in [0.25, 0.3) is 11.5 Å². The Bertz CT molecular complexity index is 1270. The molecule has 0 fully saturated rings. The van der Waals surface area contributed by atoms with Crippen LogP contribution in [0.1, 0.15) is 29.2 Å². The van der Waals surface area contributed by atoms with Crippen molar-refractivity contribution in [2.75, 3.05) is 26.4 Å². The number of hydrogen-bond acceptors (Lipinski definition) is 6. The third kappa shape index (κ3) is 6.37. The number of aromatic nitrogens is 2. The van der Waals surface area contributed by atoms with Crippen LogP contribution in [0.15, 0.2) is 77.3 Å². The number of amides is 1. The van der Waals surface area contributed by atoms with Crippen LogP contribution in [0.5, 0.6) is 0 Å². The fraction of sp³-hybridized carbons (Fsp3) is 0.357. The predicted octanol–water partition coefficient (Wildman–Crippen LogP) is 2.54. The van der Waals surface area contributed by atoms with Crippen molar-refractivity contribution in [3.8, 4) is 5.69 Å². The van der Waals surface area contributed by atoms with E-state index in [0.717, 1.165) is 16.9 Å². The SMILES string of the molecule is Cc1c(C2C=C(C(=O)NCc3ccccc3)OC(OCCOCCO)C2)c(=O)n(-c2ccccc2)n1C. The highest BCUT2D eigenvalue weighted by molar-refractivity contribution is 5.91. The highest BCUT2D eigenvalue weighted by Crippen LogP contribution is 2.32. The van der Waals surface area contributed by atoms with Crippen molar-refractivity contribution in [2.45, 2.75) is 32.1 Å². The van der Waals surface area contributed by atoms with Crippen LogP contribution < -0.4 is 10.9 Å². The molecule has 0 aliphatic carbocycles. The zero-order chi connectivity index (χ0) is 26.2. The molecule has 2 aromatic carbocycles. The molecule has 2 heterocycles. The fourth-order valence-electron chi connectivity index (χ4n) is 4.41. The van der Waals surface area contributed by atoms with E-state index in [0.29, 0.717) is 18.5 Å². The van der Waals surface area contributed by atoms with E-state index < -0.39 is 12.2 Å². The van der Waals surface area contributed by atoms with Gasteiger partial charge in [-0.3, -0.25) is 14.3 Å². The van der Waals surface area contributed by atoms with Crippen molar-refractivity contribution in [1.82, 2.24) is 14.7 Å². The molecule has 9 heteroatoms. The maximum Gasteiger partial charge on any atom is 0.286 e. The third-order valence-corrected chi connectivity index (χ3v) is 6.31. The van der Waals surface area contributed by atoms with E-state index in [1.54, 1.807) is 10.8 Å². The first kappa shape index (κ1) is 26.4. The lowest BCUT2D eigenvalue weighted by molar-refractivity contribution is -0.151. The number of aliphatic hydroxyl groups is 1. The normalized spacial score (nSPS) is 17.2. The van der Waals surface area contributed by atoms with Crippen molar-refractivity contribution in [2.24, 2.45) is 7.05 Å². The van der Waals surface area contributed by atoms with Gasteiger partial charge >= 0.3 is 0 Å². The lowest BCUT2D eigenvalue weighted by Crippen LogP contribution is -2.34. The number of hydrogen-bond donors (Lipinski definition) is 2. The Kier molecular flexibility index (Phi) is 8.95. The molecular formula is C28H33N3O6. The summed E-state index contributed by atoms with van der Waals surface area (Å²) in [7, 11) is 1.84. The molecule has 196 valence electrons. The van der Waals surface area contributed by atoms with Gasteiger partial charge in [0, 0.05) is 37.2 Å². The van der Waals surface area contributed by atoms with E-state index in [4.69, 9.17) is 19.3 Å². The van der Waals surface area contributed by atoms with Crippen molar-refractivity contribution in [3.05, 3.63) is 99.7 Å². The van der Waals surface area contributed by atoms with Crippen LogP contribution in [0.4, 0.5) is 0 Å². The summed E-state index contributed by atoms with van der Waals surface area (Å²) < 4.78 is 20.5. The summed E-state index contributed by atoms with van der Waals surface area (Å²) in [5.74, 6) is -0.656. The number of nitrogens with one attached hydrogen (secondary N) is 1. The smallest absolute Gasteiger partial charge is 0.286 e. The van der Waals surface area contributed by atoms with Gasteiger partial charge in [0.15, 0.2) is 5.76 Å². The first-order chi connectivity index (χ1) is 18.0. The Morgan fingerprint density at radius 3 is 2.49 bits per heavy atom. The lowest BCUT2D eigenvalue weighted by Gasteiger charge is -2.29. The highest BCUT2D eigenvalue weighted by Gasteiger charge is 2.33. The van der Waals surface area contributed by atoms with Crippen molar-refractivity contribution in [1.29, 1.82) is 0 Å². The number of carbonyl (C=O) groups is 1. The van der Waals surface area contributed by atoms with E-state index in [1.807, 2.05) is 79.3 Å². The first-order valence-electron chi connectivity index (χ1n) is 12.3.